The highest BCUT2D eigenvalue weighted by Gasteiger charge is 1.96. The van der Waals surface area contributed by atoms with Gasteiger partial charge in [-0.1, -0.05) is 0 Å². The maximum atomic E-state index is 10.7. The van der Waals surface area contributed by atoms with Crippen LogP contribution in [0.4, 0.5) is 0 Å². The molecule has 0 rings (SSSR count). The fraction of sp³-hybridized carbons (Fsp3) is 0.833. The van der Waals surface area contributed by atoms with E-state index in [0.717, 1.165) is 0 Å². The van der Waals surface area contributed by atoms with Crippen molar-refractivity contribution >= 4 is 5.91 Å². The molecule has 0 unspecified atom stereocenters. The Labute approximate surface area is 65.7 Å². The van der Waals surface area contributed by atoms with Crippen molar-refractivity contribution in [3.05, 3.63) is 0 Å². The number of carbonyl (C=O) groups is 1. The van der Waals surface area contributed by atoms with Gasteiger partial charge in [0.1, 0.15) is 0 Å². The van der Waals surface area contributed by atoms with Crippen molar-refractivity contribution in [1.82, 2.24) is 10.6 Å². The van der Waals surface area contributed by atoms with Crippen molar-refractivity contribution in [2.24, 2.45) is 0 Å². The summed E-state index contributed by atoms with van der Waals surface area (Å²) in [5, 5.41) is 13.3. The van der Waals surface area contributed by atoms with Crippen molar-refractivity contribution < 1.29 is 14.6 Å². The topological polar surface area (TPSA) is 70.6 Å². The number of rotatable bonds is 6. The third-order valence-electron chi connectivity index (χ3n) is 1.03. The van der Waals surface area contributed by atoms with Gasteiger partial charge in [-0.3, -0.25) is 10.1 Å². The largest absolute Gasteiger partial charge is 0.383 e. The average Bonchev–Trinajstić information content (AvgIpc) is 2.01. The molecule has 0 aromatic heterocycles. The molecule has 0 aliphatic rings. The summed E-state index contributed by atoms with van der Waals surface area (Å²) in [7, 11) is 1.57. The Bertz CT molecular complexity index is 108. The van der Waals surface area contributed by atoms with Gasteiger partial charge in [0.2, 0.25) is 5.91 Å². The van der Waals surface area contributed by atoms with Gasteiger partial charge >= 0.3 is 0 Å². The Balaban J connectivity index is 3.09. The molecule has 5 heteroatoms. The Morgan fingerprint density at radius 1 is 1.64 bits per heavy atom. The van der Waals surface area contributed by atoms with Crippen LogP contribution < -0.4 is 10.6 Å². The molecule has 0 atom stereocenters. The summed E-state index contributed by atoms with van der Waals surface area (Å²) in [5.74, 6) is -0.142. The zero-order chi connectivity index (χ0) is 8.53. The number of methoxy groups -OCH3 is 1. The van der Waals surface area contributed by atoms with Crippen molar-refractivity contribution in [3.63, 3.8) is 0 Å². The molecule has 0 bridgehead atoms. The summed E-state index contributed by atoms with van der Waals surface area (Å²) in [6.45, 7) is 0.964. The monoisotopic (exact) mass is 162 g/mol. The molecule has 0 aliphatic heterocycles. The van der Waals surface area contributed by atoms with Gasteiger partial charge in [0.25, 0.3) is 0 Å². The molecule has 0 spiro atoms. The quantitative estimate of drug-likeness (QED) is 0.321. The van der Waals surface area contributed by atoms with E-state index in [1.165, 1.54) is 0 Å². The minimum Gasteiger partial charge on any atom is -0.383 e. The molecule has 5 nitrogen and oxygen atoms in total. The van der Waals surface area contributed by atoms with E-state index in [4.69, 9.17) is 9.84 Å². The first-order valence-corrected chi connectivity index (χ1v) is 3.38. The normalized spacial score (nSPS) is 9.64. The first kappa shape index (κ1) is 10.3. The lowest BCUT2D eigenvalue weighted by atomic mass is 10.5. The number of aliphatic hydroxyl groups is 1. The summed E-state index contributed by atoms with van der Waals surface area (Å²) in [4.78, 5) is 10.7. The molecule has 0 saturated heterocycles. The second kappa shape index (κ2) is 7.46. The summed E-state index contributed by atoms with van der Waals surface area (Å²) in [6.07, 6.45) is 0. The van der Waals surface area contributed by atoms with Gasteiger partial charge in [-0.15, -0.1) is 0 Å². The van der Waals surface area contributed by atoms with Gasteiger partial charge in [-0.05, 0) is 0 Å². The standard InChI is InChI=1S/C6H14N2O3/c1-11-3-2-8-6(10)4-7-5-9/h7,9H,2-5H2,1H3,(H,8,10). The molecule has 0 saturated carbocycles. The van der Waals surface area contributed by atoms with Gasteiger partial charge in [0, 0.05) is 13.7 Å². The summed E-state index contributed by atoms with van der Waals surface area (Å²) >= 11 is 0. The van der Waals surface area contributed by atoms with Crippen LogP contribution in [-0.4, -0.2) is 44.6 Å². The Kier molecular flexibility index (Phi) is 7.02. The fourth-order valence-electron chi connectivity index (χ4n) is 0.524. The van der Waals surface area contributed by atoms with E-state index in [-0.39, 0.29) is 19.2 Å². The Hall–Kier alpha value is -0.650. The van der Waals surface area contributed by atoms with Gasteiger partial charge < -0.3 is 15.2 Å². The van der Waals surface area contributed by atoms with E-state index in [1.807, 2.05) is 0 Å². The van der Waals surface area contributed by atoms with Crippen LogP contribution in [0.5, 0.6) is 0 Å². The number of hydrogen-bond donors (Lipinski definition) is 3. The molecule has 66 valence electrons. The summed E-state index contributed by atoms with van der Waals surface area (Å²) in [6, 6.07) is 0. The predicted octanol–water partition coefficient (Wildman–Crippen LogP) is -1.71. The van der Waals surface area contributed by atoms with Crippen LogP contribution in [0.1, 0.15) is 0 Å². The third kappa shape index (κ3) is 7.24. The lowest BCUT2D eigenvalue weighted by Crippen LogP contribution is -2.35. The molecular formula is C6H14N2O3. The molecular weight excluding hydrogens is 148 g/mol. The number of amides is 1. The molecule has 0 aromatic carbocycles. The van der Waals surface area contributed by atoms with Crippen LogP contribution in [-0.2, 0) is 9.53 Å². The van der Waals surface area contributed by atoms with Crippen LogP contribution in [0.3, 0.4) is 0 Å². The Morgan fingerprint density at radius 3 is 2.91 bits per heavy atom. The highest BCUT2D eigenvalue weighted by molar-refractivity contribution is 5.77. The average molecular weight is 162 g/mol. The number of aliphatic hydroxyl groups excluding tert-OH is 1. The van der Waals surface area contributed by atoms with Crippen LogP contribution >= 0.6 is 0 Å². The molecule has 11 heavy (non-hydrogen) atoms. The first-order valence-electron chi connectivity index (χ1n) is 3.38. The molecule has 0 heterocycles. The number of hydrogen-bond acceptors (Lipinski definition) is 4. The van der Waals surface area contributed by atoms with Crippen molar-refractivity contribution in [2.45, 2.75) is 0 Å². The van der Waals surface area contributed by atoms with E-state index in [0.29, 0.717) is 13.2 Å². The van der Waals surface area contributed by atoms with Gasteiger partial charge in [-0.2, -0.15) is 0 Å². The van der Waals surface area contributed by atoms with Crippen LogP contribution in [0, 0.1) is 0 Å². The van der Waals surface area contributed by atoms with Crippen molar-refractivity contribution in [3.8, 4) is 0 Å². The lowest BCUT2D eigenvalue weighted by Gasteiger charge is -2.03. The lowest BCUT2D eigenvalue weighted by molar-refractivity contribution is -0.120. The van der Waals surface area contributed by atoms with E-state index in [9.17, 15) is 4.79 Å². The molecule has 0 aliphatic carbocycles. The molecule has 0 radical (unpaired) electrons. The van der Waals surface area contributed by atoms with Crippen LogP contribution in [0.25, 0.3) is 0 Å². The number of ether oxygens (including phenoxy) is 1. The second-order valence-electron chi connectivity index (χ2n) is 1.93. The molecule has 3 N–H and O–H groups in total. The second-order valence-corrected chi connectivity index (χ2v) is 1.93. The van der Waals surface area contributed by atoms with Crippen LogP contribution in [0.2, 0.25) is 0 Å². The minimum absolute atomic E-state index is 0.139. The zero-order valence-corrected chi connectivity index (χ0v) is 6.59. The zero-order valence-electron chi connectivity index (χ0n) is 6.59. The van der Waals surface area contributed by atoms with E-state index in [2.05, 4.69) is 10.6 Å². The highest BCUT2D eigenvalue weighted by atomic mass is 16.5. The maximum absolute atomic E-state index is 10.7. The van der Waals surface area contributed by atoms with Crippen molar-refractivity contribution in [2.75, 3.05) is 33.5 Å². The fourth-order valence-corrected chi connectivity index (χ4v) is 0.524. The van der Waals surface area contributed by atoms with E-state index >= 15 is 0 Å². The smallest absolute Gasteiger partial charge is 0.234 e. The van der Waals surface area contributed by atoms with Gasteiger partial charge in [0.15, 0.2) is 0 Å². The number of carbonyl (C=O) groups excluding carboxylic acids is 1. The van der Waals surface area contributed by atoms with Crippen molar-refractivity contribution in [1.29, 1.82) is 0 Å². The van der Waals surface area contributed by atoms with Gasteiger partial charge in [0.05, 0.1) is 19.9 Å². The minimum atomic E-state index is -0.183. The van der Waals surface area contributed by atoms with Gasteiger partial charge in [-0.25, -0.2) is 0 Å². The molecule has 1 amide bonds. The summed E-state index contributed by atoms with van der Waals surface area (Å²) < 4.78 is 4.71. The SMILES string of the molecule is COCCNC(=O)CNCO. The highest BCUT2D eigenvalue weighted by Crippen LogP contribution is 1.66. The molecule has 0 fully saturated rings. The van der Waals surface area contributed by atoms with E-state index < -0.39 is 0 Å². The number of nitrogens with one attached hydrogen (secondary N) is 2. The first-order chi connectivity index (χ1) is 5.31. The third-order valence-corrected chi connectivity index (χ3v) is 1.03. The summed E-state index contributed by atoms with van der Waals surface area (Å²) in [5.41, 5.74) is 0. The maximum Gasteiger partial charge on any atom is 0.234 e. The molecule has 0 aromatic rings. The predicted molar refractivity (Wildman–Crippen MR) is 40.0 cm³/mol. The Morgan fingerprint density at radius 2 is 2.36 bits per heavy atom. The van der Waals surface area contributed by atoms with E-state index in [1.54, 1.807) is 7.11 Å². The van der Waals surface area contributed by atoms with Crippen LogP contribution in [0.15, 0.2) is 0 Å².